The third-order valence-electron chi connectivity index (χ3n) is 3.85. The first kappa shape index (κ1) is 10.4. The van der Waals surface area contributed by atoms with E-state index in [1.54, 1.807) is 0 Å². The van der Waals surface area contributed by atoms with Crippen LogP contribution in [0.4, 0.5) is 5.69 Å². The van der Waals surface area contributed by atoms with Crippen molar-refractivity contribution >= 4 is 17.3 Å². The molecule has 0 amide bonds. The lowest BCUT2D eigenvalue weighted by Crippen LogP contribution is -2.46. The lowest BCUT2D eigenvalue weighted by molar-refractivity contribution is 0.374. The SMILES string of the molecule is Clc1cccc(N2CCC3CCNC3C2)c1. The van der Waals surface area contributed by atoms with Crippen LogP contribution in [0.1, 0.15) is 12.8 Å². The average molecular weight is 237 g/mol. The first-order chi connectivity index (χ1) is 7.83. The van der Waals surface area contributed by atoms with Gasteiger partial charge in [0.05, 0.1) is 0 Å². The second kappa shape index (κ2) is 4.27. The lowest BCUT2D eigenvalue weighted by Gasteiger charge is -2.36. The van der Waals surface area contributed by atoms with E-state index >= 15 is 0 Å². The van der Waals surface area contributed by atoms with Gasteiger partial charge in [0.1, 0.15) is 0 Å². The summed E-state index contributed by atoms with van der Waals surface area (Å²) < 4.78 is 0. The van der Waals surface area contributed by atoms with Crippen molar-refractivity contribution in [2.75, 3.05) is 24.5 Å². The number of nitrogens with zero attached hydrogens (tertiary/aromatic N) is 1. The van der Waals surface area contributed by atoms with E-state index in [1.165, 1.54) is 31.6 Å². The molecule has 2 saturated heterocycles. The second-order valence-corrected chi connectivity index (χ2v) is 5.26. The standard InChI is InChI=1S/C13H17ClN2/c14-11-2-1-3-12(8-11)16-7-5-10-4-6-15-13(10)9-16/h1-3,8,10,13,15H,4-7,9H2. The van der Waals surface area contributed by atoms with Crippen LogP contribution >= 0.6 is 11.6 Å². The van der Waals surface area contributed by atoms with Crippen LogP contribution in [-0.4, -0.2) is 25.7 Å². The van der Waals surface area contributed by atoms with Crippen LogP contribution in [-0.2, 0) is 0 Å². The van der Waals surface area contributed by atoms with Crippen LogP contribution in [0, 0.1) is 5.92 Å². The van der Waals surface area contributed by atoms with Crippen molar-refractivity contribution in [3.05, 3.63) is 29.3 Å². The monoisotopic (exact) mass is 236 g/mol. The molecule has 0 aliphatic carbocycles. The van der Waals surface area contributed by atoms with Gasteiger partial charge in [0.25, 0.3) is 0 Å². The number of rotatable bonds is 1. The van der Waals surface area contributed by atoms with E-state index in [4.69, 9.17) is 11.6 Å². The number of anilines is 1. The van der Waals surface area contributed by atoms with E-state index in [0.29, 0.717) is 6.04 Å². The summed E-state index contributed by atoms with van der Waals surface area (Å²) >= 11 is 6.03. The molecule has 0 aromatic heterocycles. The number of benzene rings is 1. The highest BCUT2D eigenvalue weighted by Crippen LogP contribution is 2.29. The molecule has 0 radical (unpaired) electrons. The van der Waals surface area contributed by atoms with Crippen molar-refractivity contribution in [1.82, 2.24) is 5.32 Å². The molecule has 0 bridgehead atoms. The van der Waals surface area contributed by atoms with Crippen LogP contribution in [0.5, 0.6) is 0 Å². The summed E-state index contributed by atoms with van der Waals surface area (Å²) in [6, 6.07) is 8.88. The van der Waals surface area contributed by atoms with Gasteiger partial charge in [0.2, 0.25) is 0 Å². The molecule has 16 heavy (non-hydrogen) atoms. The third-order valence-corrected chi connectivity index (χ3v) is 4.09. The summed E-state index contributed by atoms with van der Waals surface area (Å²) in [5, 5.41) is 4.43. The van der Waals surface area contributed by atoms with Gasteiger partial charge in [-0.2, -0.15) is 0 Å². The Kier molecular flexibility index (Phi) is 2.78. The van der Waals surface area contributed by atoms with Gasteiger partial charge < -0.3 is 10.2 Å². The summed E-state index contributed by atoms with van der Waals surface area (Å²) in [4.78, 5) is 2.45. The maximum Gasteiger partial charge on any atom is 0.0426 e. The molecule has 1 aromatic rings. The van der Waals surface area contributed by atoms with E-state index in [-0.39, 0.29) is 0 Å². The normalized spacial score (nSPS) is 29.2. The zero-order chi connectivity index (χ0) is 11.0. The molecular formula is C13H17ClN2. The van der Waals surface area contributed by atoms with Crippen LogP contribution in [0.25, 0.3) is 0 Å². The van der Waals surface area contributed by atoms with E-state index < -0.39 is 0 Å². The fourth-order valence-corrected chi connectivity index (χ4v) is 3.12. The smallest absolute Gasteiger partial charge is 0.0426 e. The van der Waals surface area contributed by atoms with Crippen LogP contribution in [0.15, 0.2) is 24.3 Å². The zero-order valence-electron chi connectivity index (χ0n) is 9.32. The Hall–Kier alpha value is -0.730. The Morgan fingerprint density at radius 3 is 3.12 bits per heavy atom. The van der Waals surface area contributed by atoms with Crippen LogP contribution in [0.3, 0.4) is 0 Å². The fraction of sp³-hybridized carbons (Fsp3) is 0.538. The minimum atomic E-state index is 0.688. The molecule has 2 aliphatic rings. The molecule has 2 aliphatic heterocycles. The van der Waals surface area contributed by atoms with Gasteiger partial charge in [-0.05, 0) is 43.5 Å². The largest absolute Gasteiger partial charge is 0.370 e. The van der Waals surface area contributed by atoms with E-state index in [9.17, 15) is 0 Å². The zero-order valence-corrected chi connectivity index (χ0v) is 10.1. The summed E-state index contributed by atoms with van der Waals surface area (Å²) in [5.74, 6) is 0.899. The molecule has 2 heterocycles. The van der Waals surface area contributed by atoms with Crippen LogP contribution in [0.2, 0.25) is 5.02 Å². The Morgan fingerprint density at radius 1 is 1.31 bits per heavy atom. The van der Waals surface area contributed by atoms with Crippen molar-refractivity contribution in [3.8, 4) is 0 Å². The quantitative estimate of drug-likeness (QED) is 0.806. The molecule has 0 spiro atoms. The highest BCUT2D eigenvalue weighted by atomic mass is 35.5. The summed E-state index contributed by atoms with van der Waals surface area (Å²) in [7, 11) is 0. The first-order valence-electron chi connectivity index (χ1n) is 6.07. The number of fused-ring (bicyclic) bond motifs is 1. The highest BCUT2D eigenvalue weighted by molar-refractivity contribution is 6.30. The molecule has 2 atom stereocenters. The van der Waals surface area contributed by atoms with Crippen molar-refractivity contribution in [2.24, 2.45) is 5.92 Å². The predicted molar refractivity (Wildman–Crippen MR) is 68.2 cm³/mol. The van der Waals surface area contributed by atoms with Gasteiger partial charge in [-0.15, -0.1) is 0 Å². The van der Waals surface area contributed by atoms with Crippen molar-refractivity contribution in [3.63, 3.8) is 0 Å². The third kappa shape index (κ3) is 1.92. The van der Waals surface area contributed by atoms with Crippen molar-refractivity contribution < 1.29 is 0 Å². The Morgan fingerprint density at radius 2 is 2.25 bits per heavy atom. The topological polar surface area (TPSA) is 15.3 Å². The van der Waals surface area contributed by atoms with Gasteiger partial charge in [0, 0.05) is 29.8 Å². The van der Waals surface area contributed by atoms with E-state index in [1.807, 2.05) is 12.1 Å². The molecular weight excluding hydrogens is 220 g/mol. The van der Waals surface area contributed by atoms with Crippen LogP contribution < -0.4 is 10.2 Å². The molecule has 2 nitrogen and oxygen atoms in total. The first-order valence-corrected chi connectivity index (χ1v) is 6.44. The number of piperidine rings is 1. The van der Waals surface area contributed by atoms with Crippen molar-refractivity contribution in [2.45, 2.75) is 18.9 Å². The fourth-order valence-electron chi connectivity index (χ4n) is 2.94. The number of hydrogen-bond acceptors (Lipinski definition) is 2. The molecule has 3 heteroatoms. The molecule has 86 valence electrons. The number of nitrogens with one attached hydrogen (secondary N) is 1. The highest BCUT2D eigenvalue weighted by Gasteiger charge is 2.32. The maximum atomic E-state index is 6.03. The minimum Gasteiger partial charge on any atom is -0.370 e. The average Bonchev–Trinajstić information content (AvgIpc) is 2.75. The summed E-state index contributed by atoms with van der Waals surface area (Å²) in [6.45, 7) is 3.49. The molecule has 1 aromatic carbocycles. The predicted octanol–water partition coefficient (Wildman–Crippen LogP) is 2.53. The minimum absolute atomic E-state index is 0.688. The maximum absolute atomic E-state index is 6.03. The molecule has 2 fully saturated rings. The molecule has 0 saturated carbocycles. The van der Waals surface area contributed by atoms with Gasteiger partial charge in [-0.1, -0.05) is 17.7 Å². The summed E-state index contributed by atoms with van der Waals surface area (Å²) in [5.41, 5.74) is 1.26. The van der Waals surface area contributed by atoms with Gasteiger partial charge in [-0.3, -0.25) is 0 Å². The Labute approximate surface area is 102 Å². The Bertz CT molecular complexity index is 380. The second-order valence-electron chi connectivity index (χ2n) is 4.82. The number of halogens is 1. The molecule has 3 rings (SSSR count). The Balaban J connectivity index is 1.76. The van der Waals surface area contributed by atoms with Crippen molar-refractivity contribution in [1.29, 1.82) is 0 Å². The molecule has 2 unspecified atom stereocenters. The number of hydrogen-bond donors (Lipinski definition) is 1. The lowest BCUT2D eigenvalue weighted by atomic mass is 9.92. The van der Waals surface area contributed by atoms with Gasteiger partial charge >= 0.3 is 0 Å². The van der Waals surface area contributed by atoms with Gasteiger partial charge in [0.15, 0.2) is 0 Å². The van der Waals surface area contributed by atoms with Gasteiger partial charge in [-0.25, -0.2) is 0 Å². The molecule has 1 N–H and O–H groups in total. The van der Waals surface area contributed by atoms with E-state index in [0.717, 1.165) is 17.5 Å². The van der Waals surface area contributed by atoms with E-state index in [2.05, 4.69) is 22.3 Å². The summed E-state index contributed by atoms with van der Waals surface area (Å²) in [6.07, 6.45) is 2.66.